The van der Waals surface area contributed by atoms with E-state index in [-0.39, 0.29) is 11.8 Å². The Hall–Kier alpha value is -2.90. The summed E-state index contributed by atoms with van der Waals surface area (Å²) in [5.74, 6) is 0.162. The molecule has 0 saturated carbocycles. The summed E-state index contributed by atoms with van der Waals surface area (Å²) < 4.78 is 5.58. The van der Waals surface area contributed by atoms with Gasteiger partial charge in [-0.15, -0.1) is 11.3 Å². The van der Waals surface area contributed by atoms with Gasteiger partial charge in [-0.25, -0.2) is 4.98 Å². The van der Waals surface area contributed by atoms with E-state index in [0.29, 0.717) is 27.2 Å². The number of fused-ring (bicyclic) bond motifs is 1. The first-order valence-electron chi connectivity index (χ1n) is 8.57. The number of amides is 2. The number of carbonyl (C=O) groups excluding carboxylic acids is 2. The quantitative estimate of drug-likeness (QED) is 0.649. The molecule has 2 heterocycles. The van der Waals surface area contributed by atoms with Crippen LogP contribution in [0.2, 0.25) is 5.02 Å². The Morgan fingerprint density at radius 1 is 1.29 bits per heavy atom. The molecule has 0 fully saturated rings. The highest BCUT2D eigenvalue weighted by atomic mass is 35.5. The number of ether oxygens (including phenoxy) is 1. The van der Waals surface area contributed by atoms with Gasteiger partial charge in [0.1, 0.15) is 5.75 Å². The van der Waals surface area contributed by atoms with E-state index in [1.54, 1.807) is 31.2 Å². The maximum Gasteiger partial charge on any atom is 0.265 e. The van der Waals surface area contributed by atoms with Crippen LogP contribution in [0.25, 0.3) is 11.3 Å². The molecule has 1 atom stereocenters. The van der Waals surface area contributed by atoms with E-state index in [1.165, 1.54) is 11.3 Å². The van der Waals surface area contributed by atoms with E-state index in [4.69, 9.17) is 16.3 Å². The van der Waals surface area contributed by atoms with Crippen LogP contribution in [0, 0.1) is 6.92 Å². The molecule has 4 rings (SSSR count). The third-order valence-corrected chi connectivity index (χ3v) is 5.41. The zero-order valence-electron chi connectivity index (χ0n) is 15.1. The Morgan fingerprint density at radius 3 is 2.89 bits per heavy atom. The topological polar surface area (TPSA) is 80.3 Å². The van der Waals surface area contributed by atoms with E-state index < -0.39 is 6.10 Å². The third kappa shape index (κ3) is 3.58. The maximum atomic E-state index is 12.4. The lowest BCUT2D eigenvalue weighted by Crippen LogP contribution is -2.34. The second-order valence-corrected chi connectivity index (χ2v) is 7.99. The first-order chi connectivity index (χ1) is 13.4. The number of aryl methyl sites for hydroxylation is 1. The second-order valence-electron chi connectivity index (χ2n) is 6.35. The predicted octanol–water partition coefficient (Wildman–Crippen LogP) is 4.74. The van der Waals surface area contributed by atoms with Crippen molar-refractivity contribution < 1.29 is 14.3 Å². The molecule has 1 aliphatic heterocycles. The number of hydrogen-bond acceptors (Lipinski definition) is 5. The van der Waals surface area contributed by atoms with Gasteiger partial charge in [-0.3, -0.25) is 14.9 Å². The number of carbonyl (C=O) groups is 2. The van der Waals surface area contributed by atoms with Crippen LogP contribution < -0.4 is 15.4 Å². The van der Waals surface area contributed by atoms with Gasteiger partial charge in [0.05, 0.1) is 11.4 Å². The summed E-state index contributed by atoms with van der Waals surface area (Å²) in [4.78, 5) is 29.8. The highest BCUT2D eigenvalue weighted by Gasteiger charge is 2.24. The van der Waals surface area contributed by atoms with Crippen LogP contribution >= 0.6 is 22.9 Å². The molecule has 3 aromatic rings. The van der Waals surface area contributed by atoms with Crippen molar-refractivity contribution in [2.24, 2.45) is 0 Å². The Kier molecular flexibility index (Phi) is 4.78. The van der Waals surface area contributed by atoms with Crippen LogP contribution in [-0.4, -0.2) is 22.9 Å². The standard InChI is InChI=1S/C20H16ClN3O3S/c1-10-18(25)22-15-9-12(6-7-16(15)27-10)17-11(2)28-20(23-17)24-19(26)13-4-3-5-14(21)8-13/h3-10H,1-2H3,(H,22,25)(H,23,24,26)/t10-/m0/s1. The van der Waals surface area contributed by atoms with Crippen molar-refractivity contribution in [2.75, 3.05) is 10.6 Å². The van der Waals surface area contributed by atoms with Crippen molar-refractivity contribution in [2.45, 2.75) is 20.0 Å². The molecule has 2 aromatic carbocycles. The monoisotopic (exact) mass is 413 g/mol. The number of anilines is 2. The van der Waals surface area contributed by atoms with Crippen molar-refractivity contribution in [3.05, 3.63) is 57.9 Å². The number of benzene rings is 2. The third-order valence-electron chi connectivity index (χ3n) is 4.29. The Labute approximate surface area is 170 Å². The van der Waals surface area contributed by atoms with E-state index in [9.17, 15) is 9.59 Å². The summed E-state index contributed by atoms with van der Waals surface area (Å²) in [5, 5.41) is 6.63. The minimum absolute atomic E-state index is 0.186. The first kappa shape index (κ1) is 18.5. The summed E-state index contributed by atoms with van der Waals surface area (Å²) in [5.41, 5.74) is 2.64. The predicted molar refractivity (Wildman–Crippen MR) is 110 cm³/mol. The largest absolute Gasteiger partial charge is 0.479 e. The van der Waals surface area contributed by atoms with E-state index in [0.717, 1.165) is 16.1 Å². The van der Waals surface area contributed by atoms with Crippen LogP contribution in [0.3, 0.4) is 0 Å². The van der Waals surface area contributed by atoms with Gasteiger partial charge >= 0.3 is 0 Å². The van der Waals surface area contributed by atoms with Gasteiger partial charge in [0.25, 0.3) is 11.8 Å². The fourth-order valence-electron chi connectivity index (χ4n) is 2.87. The lowest BCUT2D eigenvalue weighted by atomic mass is 10.1. The smallest absolute Gasteiger partial charge is 0.265 e. The van der Waals surface area contributed by atoms with Gasteiger partial charge in [-0.1, -0.05) is 17.7 Å². The van der Waals surface area contributed by atoms with Crippen LogP contribution in [0.1, 0.15) is 22.2 Å². The summed E-state index contributed by atoms with van der Waals surface area (Å²) >= 11 is 7.33. The average molecular weight is 414 g/mol. The number of nitrogens with zero attached hydrogens (tertiary/aromatic N) is 1. The molecule has 6 nitrogen and oxygen atoms in total. The highest BCUT2D eigenvalue weighted by molar-refractivity contribution is 7.16. The lowest BCUT2D eigenvalue weighted by Gasteiger charge is -2.23. The van der Waals surface area contributed by atoms with E-state index >= 15 is 0 Å². The first-order valence-corrected chi connectivity index (χ1v) is 9.76. The molecule has 8 heteroatoms. The Morgan fingerprint density at radius 2 is 2.11 bits per heavy atom. The van der Waals surface area contributed by atoms with Crippen LogP contribution in [0.4, 0.5) is 10.8 Å². The van der Waals surface area contributed by atoms with Gasteiger partial charge in [-0.2, -0.15) is 0 Å². The van der Waals surface area contributed by atoms with Gasteiger partial charge in [0.2, 0.25) is 0 Å². The molecule has 2 N–H and O–H groups in total. The molecule has 0 aliphatic carbocycles. The van der Waals surface area contributed by atoms with E-state index in [2.05, 4.69) is 15.6 Å². The molecule has 0 unspecified atom stereocenters. The van der Waals surface area contributed by atoms with Crippen LogP contribution in [0.15, 0.2) is 42.5 Å². The average Bonchev–Trinajstić information content (AvgIpc) is 3.02. The minimum atomic E-state index is -0.521. The molecule has 28 heavy (non-hydrogen) atoms. The second kappa shape index (κ2) is 7.26. The van der Waals surface area contributed by atoms with Crippen molar-refractivity contribution in [3.63, 3.8) is 0 Å². The Bertz CT molecular complexity index is 1100. The van der Waals surface area contributed by atoms with E-state index in [1.807, 2.05) is 25.1 Å². The molecule has 1 aromatic heterocycles. The SMILES string of the molecule is Cc1sc(NC(=O)c2cccc(Cl)c2)nc1-c1ccc2c(c1)NC(=O)[C@H](C)O2. The molecule has 0 radical (unpaired) electrons. The van der Waals surface area contributed by atoms with Crippen molar-refractivity contribution >= 4 is 45.6 Å². The molecular weight excluding hydrogens is 398 g/mol. The number of nitrogens with one attached hydrogen (secondary N) is 2. The Balaban J connectivity index is 1.59. The molecule has 0 saturated heterocycles. The number of halogens is 1. The zero-order valence-corrected chi connectivity index (χ0v) is 16.6. The zero-order chi connectivity index (χ0) is 19.8. The molecular formula is C20H16ClN3O3S. The van der Waals surface area contributed by atoms with Crippen molar-refractivity contribution in [1.82, 2.24) is 4.98 Å². The van der Waals surface area contributed by atoms with Gasteiger partial charge in [-0.05, 0) is 50.2 Å². The number of hydrogen-bond donors (Lipinski definition) is 2. The number of aromatic nitrogens is 1. The molecule has 1 aliphatic rings. The van der Waals surface area contributed by atoms with Crippen molar-refractivity contribution in [3.8, 4) is 17.0 Å². The fraction of sp³-hybridized carbons (Fsp3) is 0.150. The molecule has 142 valence electrons. The molecule has 0 spiro atoms. The van der Waals surface area contributed by atoms with Gasteiger partial charge < -0.3 is 10.1 Å². The normalized spacial score (nSPS) is 15.4. The van der Waals surface area contributed by atoms with Crippen LogP contribution in [0.5, 0.6) is 5.75 Å². The summed E-state index contributed by atoms with van der Waals surface area (Å²) in [6.07, 6.45) is -0.521. The maximum absolute atomic E-state index is 12.4. The lowest BCUT2D eigenvalue weighted by molar-refractivity contribution is -0.122. The fourth-order valence-corrected chi connectivity index (χ4v) is 3.89. The van der Waals surface area contributed by atoms with Gasteiger partial charge in [0, 0.05) is 21.0 Å². The molecule has 0 bridgehead atoms. The summed E-state index contributed by atoms with van der Waals surface area (Å²) in [7, 11) is 0. The highest BCUT2D eigenvalue weighted by Crippen LogP contribution is 2.37. The van der Waals surface area contributed by atoms with Crippen LogP contribution in [-0.2, 0) is 4.79 Å². The minimum Gasteiger partial charge on any atom is -0.479 e. The molecule has 2 amide bonds. The number of thiazole rings is 1. The van der Waals surface area contributed by atoms with Gasteiger partial charge in [0.15, 0.2) is 11.2 Å². The number of rotatable bonds is 3. The van der Waals surface area contributed by atoms with Crippen molar-refractivity contribution in [1.29, 1.82) is 0 Å². The summed E-state index contributed by atoms with van der Waals surface area (Å²) in [6.45, 7) is 3.63. The summed E-state index contributed by atoms with van der Waals surface area (Å²) in [6, 6.07) is 12.2.